The summed E-state index contributed by atoms with van der Waals surface area (Å²) in [5.41, 5.74) is 1.22. The molecule has 3 heteroatoms. The molecule has 0 bridgehead atoms. The van der Waals surface area contributed by atoms with E-state index >= 15 is 0 Å². The van der Waals surface area contributed by atoms with Gasteiger partial charge in [-0.15, -0.1) is 0 Å². The average molecular weight is 248 g/mol. The van der Waals surface area contributed by atoms with Crippen LogP contribution >= 0.6 is 0 Å². The van der Waals surface area contributed by atoms with Gasteiger partial charge in [-0.3, -0.25) is 4.98 Å². The molecular formula is C15H24N2O. The Kier molecular flexibility index (Phi) is 5.62. The summed E-state index contributed by atoms with van der Waals surface area (Å²) in [5.74, 6) is 0. The van der Waals surface area contributed by atoms with Gasteiger partial charge in [0.05, 0.1) is 12.7 Å². The molecule has 0 aromatic carbocycles. The van der Waals surface area contributed by atoms with Gasteiger partial charge in [0.2, 0.25) is 0 Å². The Morgan fingerprint density at radius 1 is 1.22 bits per heavy atom. The monoisotopic (exact) mass is 248 g/mol. The summed E-state index contributed by atoms with van der Waals surface area (Å²) in [5, 5.41) is 3.60. The summed E-state index contributed by atoms with van der Waals surface area (Å²) in [7, 11) is 0. The summed E-state index contributed by atoms with van der Waals surface area (Å²) in [6.07, 6.45) is 10.2. The molecular weight excluding hydrogens is 224 g/mol. The van der Waals surface area contributed by atoms with E-state index in [1.165, 1.54) is 37.7 Å². The predicted octanol–water partition coefficient (Wildman–Crippen LogP) is 2.91. The number of ether oxygens (including phenoxy) is 1. The Labute approximate surface area is 110 Å². The first-order valence-electron chi connectivity index (χ1n) is 7.12. The van der Waals surface area contributed by atoms with Crippen LogP contribution in [0.2, 0.25) is 0 Å². The molecule has 0 spiro atoms. The number of nitrogens with zero attached hydrogens (tertiary/aromatic N) is 1. The maximum Gasteiger partial charge on any atom is 0.0721 e. The van der Waals surface area contributed by atoms with Crippen molar-refractivity contribution >= 4 is 0 Å². The smallest absolute Gasteiger partial charge is 0.0721 e. The second-order valence-corrected chi connectivity index (χ2v) is 5.09. The van der Waals surface area contributed by atoms with Gasteiger partial charge in [-0.1, -0.05) is 6.92 Å². The molecule has 1 aromatic rings. The van der Waals surface area contributed by atoms with E-state index in [1.807, 2.05) is 24.5 Å². The molecule has 3 nitrogen and oxygen atoms in total. The molecule has 0 amide bonds. The Morgan fingerprint density at radius 3 is 2.61 bits per heavy atom. The Hall–Kier alpha value is -0.930. The zero-order chi connectivity index (χ0) is 12.6. The Balaban J connectivity index is 1.65. The molecule has 2 rings (SSSR count). The van der Waals surface area contributed by atoms with Crippen LogP contribution in [-0.4, -0.2) is 23.7 Å². The molecule has 100 valence electrons. The normalized spacial score (nSPS) is 24.1. The first-order valence-corrected chi connectivity index (χ1v) is 7.12. The fourth-order valence-corrected chi connectivity index (χ4v) is 2.48. The first kappa shape index (κ1) is 13.5. The van der Waals surface area contributed by atoms with E-state index in [0.29, 0.717) is 12.1 Å². The summed E-state index contributed by atoms with van der Waals surface area (Å²) < 4.78 is 5.97. The highest BCUT2D eigenvalue weighted by Gasteiger charge is 2.20. The van der Waals surface area contributed by atoms with Gasteiger partial charge in [-0.05, 0) is 56.3 Å². The molecule has 1 fully saturated rings. The minimum absolute atomic E-state index is 0.442. The molecule has 1 saturated carbocycles. The number of hydrogen-bond acceptors (Lipinski definition) is 3. The molecule has 0 radical (unpaired) electrons. The lowest BCUT2D eigenvalue weighted by Crippen LogP contribution is -2.35. The second kappa shape index (κ2) is 7.49. The summed E-state index contributed by atoms with van der Waals surface area (Å²) >= 11 is 0. The van der Waals surface area contributed by atoms with Gasteiger partial charge >= 0.3 is 0 Å². The number of aromatic nitrogens is 1. The van der Waals surface area contributed by atoms with Crippen LogP contribution < -0.4 is 5.32 Å². The standard InChI is InChI=1S/C15H24N2O/c1-2-9-17-14-3-5-15(6-4-14)18-12-13-7-10-16-11-8-13/h7-8,10-11,14-15,17H,2-6,9,12H2,1H3. The minimum Gasteiger partial charge on any atom is -0.374 e. The van der Waals surface area contributed by atoms with Crippen LogP contribution in [0.1, 0.15) is 44.6 Å². The second-order valence-electron chi connectivity index (χ2n) is 5.09. The van der Waals surface area contributed by atoms with Crippen molar-refractivity contribution in [2.24, 2.45) is 0 Å². The minimum atomic E-state index is 0.442. The quantitative estimate of drug-likeness (QED) is 0.840. The van der Waals surface area contributed by atoms with Crippen LogP contribution in [0.3, 0.4) is 0 Å². The maximum absolute atomic E-state index is 5.97. The highest BCUT2D eigenvalue weighted by molar-refractivity contribution is 5.07. The van der Waals surface area contributed by atoms with Crippen LogP contribution in [-0.2, 0) is 11.3 Å². The average Bonchev–Trinajstić information content (AvgIpc) is 2.45. The van der Waals surface area contributed by atoms with Crippen LogP contribution in [0.4, 0.5) is 0 Å². The third kappa shape index (κ3) is 4.39. The van der Waals surface area contributed by atoms with Crippen molar-refractivity contribution < 1.29 is 4.74 Å². The largest absolute Gasteiger partial charge is 0.374 e. The highest BCUT2D eigenvalue weighted by Crippen LogP contribution is 2.22. The zero-order valence-electron chi connectivity index (χ0n) is 11.3. The van der Waals surface area contributed by atoms with Gasteiger partial charge in [-0.2, -0.15) is 0 Å². The van der Waals surface area contributed by atoms with Gasteiger partial charge < -0.3 is 10.1 Å². The molecule has 0 unspecified atom stereocenters. The van der Waals surface area contributed by atoms with E-state index < -0.39 is 0 Å². The number of nitrogens with one attached hydrogen (secondary N) is 1. The molecule has 0 atom stereocenters. The van der Waals surface area contributed by atoms with E-state index in [4.69, 9.17) is 4.74 Å². The lowest BCUT2D eigenvalue weighted by Gasteiger charge is -2.29. The molecule has 0 aliphatic heterocycles. The van der Waals surface area contributed by atoms with E-state index in [1.54, 1.807) is 0 Å². The topological polar surface area (TPSA) is 34.1 Å². The summed E-state index contributed by atoms with van der Waals surface area (Å²) in [6, 6.07) is 4.76. The van der Waals surface area contributed by atoms with Crippen LogP contribution in [0, 0.1) is 0 Å². The van der Waals surface area contributed by atoms with Gasteiger partial charge in [0, 0.05) is 18.4 Å². The molecule has 1 aromatic heterocycles. The predicted molar refractivity (Wildman–Crippen MR) is 73.4 cm³/mol. The molecule has 18 heavy (non-hydrogen) atoms. The van der Waals surface area contributed by atoms with Crippen LogP contribution in [0.15, 0.2) is 24.5 Å². The van der Waals surface area contributed by atoms with Crippen molar-refractivity contribution in [2.75, 3.05) is 6.54 Å². The van der Waals surface area contributed by atoms with Gasteiger partial charge in [0.15, 0.2) is 0 Å². The molecule has 1 heterocycles. The highest BCUT2D eigenvalue weighted by atomic mass is 16.5. The van der Waals surface area contributed by atoms with E-state index in [9.17, 15) is 0 Å². The first-order chi connectivity index (χ1) is 8.88. The third-order valence-electron chi connectivity index (χ3n) is 3.59. The van der Waals surface area contributed by atoms with Gasteiger partial charge in [0.25, 0.3) is 0 Å². The SMILES string of the molecule is CCCNC1CCC(OCc2ccncc2)CC1. The zero-order valence-corrected chi connectivity index (χ0v) is 11.3. The lowest BCUT2D eigenvalue weighted by atomic mass is 9.93. The van der Waals surface area contributed by atoms with Crippen molar-refractivity contribution in [3.8, 4) is 0 Å². The van der Waals surface area contributed by atoms with E-state index in [2.05, 4.69) is 17.2 Å². The molecule has 1 aliphatic rings. The maximum atomic E-state index is 5.97. The van der Waals surface area contributed by atoms with Crippen molar-refractivity contribution in [2.45, 2.75) is 57.8 Å². The number of pyridine rings is 1. The van der Waals surface area contributed by atoms with Crippen molar-refractivity contribution in [3.05, 3.63) is 30.1 Å². The van der Waals surface area contributed by atoms with Crippen molar-refractivity contribution in [1.82, 2.24) is 10.3 Å². The van der Waals surface area contributed by atoms with Gasteiger partial charge in [0.1, 0.15) is 0 Å². The Bertz CT molecular complexity index is 321. The lowest BCUT2D eigenvalue weighted by molar-refractivity contribution is 0.0113. The fraction of sp³-hybridized carbons (Fsp3) is 0.667. The summed E-state index contributed by atoms with van der Waals surface area (Å²) in [6.45, 7) is 4.09. The number of rotatable bonds is 6. The van der Waals surface area contributed by atoms with Crippen LogP contribution in [0.25, 0.3) is 0 Å². The van der Waals surface area contributed by atoms with Crippen molar-refractivity contribution in [1.29, 1.82) is 0 Å². The van der Waals surface area contributed by atoms with Crippen molar-refractivity contribution in [3.63, 3.8) is 0 Å². The number of hydrogen-bond donors (Lipinski definition) is 1. The summed E-state index contributed by atoms with van der Waals surface area (Å²) in [4.78, 5) is 4.01. The van der Waals surface area contributed by atoms with Crippen LogP contribution in [0.5, 0.6) is 0 Å². The van der Waals surface area contributed by atoms with E-state index in [0.717, 1.165) is 13.2 Å². The molecule has 0 saturated heterocycles. The molecule has 1 N–H and O–H groups in total. The fourth-order valence-electron chi connectivity index (χ4n) is 2.48. The van der Waals surface area contributed by atoms with Gasteiger partial charge in [-0.25, -0.2) is 0 Å². The Morgan fingerprint density at radius 2 is 1.94 bits per heavy atom. The molecule has 1 aliphatic carbocycles. The van der Waals surface area contributed by atoms with E-state index in [-0.39, 0.29) is 0 Å². The third-order valence-corrected chi connectivity index (χ3v) is 3.59.